The largest absolute Gasteiger partial charge is 0.381 e. The monoisotopic (exact) mass is 655 g/mol. The normalized spacial score (nSPS) is 19.6. The van der Waals surface area contributed by atoms with Crippen molar-refractivity contribution in [2.24, 2.45) is 11.8 Å². The van der Waals surface area contributed by atoms with E-state index >= 15 is 0 Å². The molecule has 10 heteroatoms. The van der Waals surface area contributed by atoms with Crippen LogP contribution in [0.1, 0.15) is 72.2 Å². The minimum atomic E-state index is -1.09. The molecule has 47 heavy (non-hydrogen) atoms. The number of amides is 3. The molecule has 9 nitrogen and oxygen atoms in total. The first-order chi connectivity index (χ1) is 22.9. The second kappa shape index (κ2) is 15.4. The van der Waals surface area contributed by atoms with E-state index in [0.29, 0.717) is 42.2 Å². The van der Waals surface area contributed by atoms with Crippen LogP contribution in [0.2, 0.25) is 0 Å². The average molecular weight is 656 g/mol. The second-order valence-corrected chi connectivity index (χ2v) is 14.6. The van der Waals surface area contributed by atoms with Gasteiger partial charge in [-0.2, -0.15) is 5.26 Å². The van der Waals surface area contributed by atoms with Gasteiger partial charge in [-0.05, 0) is 92.6 Å². The summed E-state index contributed by atoms with van der Waals surface area (Å²) in [5, 5.41) is 19.5. The van der Waals surface area contributed by atoms with E-state index < -0.39 is 11.6 Å². The Morgan fingerprint density at radius 2 is 1.72 bits per heavy atom. The van der Waals surface area contributed by atoms with Crippen molar-refractivity contribution >= 4 is 39.1 Å². The molecule has 6 rings (SSSR count). The Kier molecular flexibility index (Phi) is 10.9. The summed E-state index contributed by atoms with van der Waals surface area (Å²) in [7, 11) is 0. The summed E-state index contributed by atoms with van der Waals surface area (Å²) in [6.07, 6.45) is 7.40. The summed E-state index contributed by atoms with van der Waals surface area (Å²) in [6.45, 7) is 5.56. The maximum absolute atomic E-state index is 14.0. The van der Waals surface area contributed by atoms with Crippen molar-refractivity contribution in [1.82, 2.24) is 20.9 Å². The zero-order valence-electron chi connectivity index (χ0n) is 27.0. The van der Waals surface area contributed by atoms with Crippen molar-refractivity contribution < 1.29 is 19.1 Å². The van der Waals surface area contributed by atoms with Crippen molar-refractivity contribution in [2.45, 2.75) is 69.4 Å². The minimum Gasteiger partial charge on any atom is -0.381 e. The number of piperidine rings is 1. The molecule has 0 unspecified atom stereocenters. The van der Waals surface area contributed by atoms with Crippen LogP contribution < -0.4 is 16.0 Å². The summed E-state index contributed by atoms with van der Waals surface area (Å²) < 4.78 is 6.37. The molecule has 0 spiro atoms. The number of hydrogen-bond acceptors (Lipinski definition) is 7. The third kappa shape index (κ3) is 8.39. The molecule has 2 aliphatic heterocycles. The number of hydrogen-bond donors (Lipinski definition) is 3. The van der Waals surface area contributed by atoms with Crippen molar-refractivity contribution in [1.29, 1.82) is 5.26 Å². The van der Waals surface area contributed by atoms with Crippen LogP contribution in [0, 0.1) is 23.2 Å². The Balaban J connectivity index is 1.09. The SMILES string of the molecule is N#Cc1ccc2cc(C(=O)NC3(C(=O)N[C@H](Cc4ccccc4)C(=O)NCC4CCN(CC5CCOCC5)CC4)CCCC3)sc2c1. The summed E-state index contributed by atoms with van der Waals surface area (Å²) in [6, 6.07) is 18.3. The maximum Gasteiger partial charge on any atom is 0.262 e. The number of nitrogens with zero attached hydrogens (tertiary/aromatic N) is 2. The highest BCUT2D eigenvalue weighted by Gasteiger charge is 2.44. The number of nitrogens with one attached hydrogen (secondary N) is 3. The van der Waals surface area contributed by atoms with E-state index in [4.69, 9.17) is 4.74 Å². The van der Waals surface area contributed by atoms with Crippen LogP contribution in [0.5, 0.6) is 0 Å². The van der Waals surface area contributed by atoms with Crippen LogP contribution in [-0.4, -0.2) is 73.6 Å². The van der Waals surface area contributed by atoms with E-state index in [9.17, 15) is 19.6 Å². The fourth-order valence-corrected chi connectivity index (χ4v) is 8.27. The number of carbonyl (C=O) groups is 3. The summed E-state index contributed by atoms with van der Waals surface area (Å²) >= 11 is 1.31. The third-order valence-electron chi connectivity index (χ3n) is 10.2. The fraction of sp³-hybridized carbons (Fsp3) is 0.514. The van der Waals surface area contributed by atoms with E-state index in [1.807, 2.05) is 36.4 Å². The van der Waals surface area contributed by atoms with E-state index in [-0.39, 0.29) is 17.7 Å². The number of benzene rings is 2. The molecule has 0 radical (unpaired) electrons. The van der Waals surface area contributed by atoms with Crippen molar-refractivity contribution in [2.75, 3.05) is 39.4 Å². The molecule has 3 aliphatic rings. The molecule has 1 aromatic heterocycles. The van der Waals surface area contributed by atoms with Gasteiger partial charge in [-0.3, -0.25) is 14.4 Å². The predicted molar refractivity (Wildman–Crippen MR) is 183 cm³/mol. The van der Waals surface area contributed by atoms with Gasteiger partial charge in [-0.25, -0.2) is 0 Å². The molecule has 3 heterocycles. The van der Waals surface area contributed by atoms with Gasteiger partial charge in [0.2, 0.25) is 11.8 Å². The summed E-state index contributed by atoms with van der Waals surface area (Å²) in [5.74, 6) is 0.314. The lowest BCUT2D eigenvalue weighted by atomic mass is 9.93. The van der Waals surface area contributed by atoms with E-state index in [0.717, 1.165) is 92.9 Å². The second-order valence-electron chi connectivity index (χ2n) is 13.5. The van der Waals surface area contributed by atoms with Gasteiger partial charge in [0.15, 0.2) is 0 Å². The van der Waals surface area contributed by atoms with Crippen LogP contribution in [0.4, 0.5) is 0 Å². The van der Waals surface area contributed by atoms with Crippen LogP contribution in [0.3, 0.4) is 0 Å². The number of rotatable bonds is 11. The first kappa shape index (κ1) is 33.1. The quantitative estimate of drug-likeness (QED) is 0.273. The Morgan fingerprint density at radius 1 is 0.979 bits per heavy atom. The van der Waals surface area contributed by atoms with Crippen molar-refractivity contribution in [3.63, 3.8) is 0 Å². The highest BCUT2D eigenvalue weighted by atomic mass is 32.1. The van der Waals surface area contributed by atoms with E-state index in [1.54, 1.807) is 18.2 Å². The first-order valence-electron chi connectivity index (χ1n) is 17.1. The van der Waals surface area contributed by atoms with Crippen molar-refractivity contribution in [3.8, 4) is 6.07 Å². The number of carbonyl (C=O) groups excluding carboxylic acids is 3. The van der Waals surface area contributed by atoms with Crippen LogP contribution in [-0.2, 0) is 20.7 Å². The van der Waals surface area contributed by atoms with Gasteiger partial charge in [-0.1, -0.05) is 49.2 Å². The van der Waals surface area contributed by atoms with Crippen molar-refractivity contribution in [3.05, 3.63) is 70.6 Å². The smallest absolute Gasteiger partial charge is 0.262 e. The predicted octanol–water partition coefficient (Wildman–Crippen LogP) is 4.80. The first-order valence-corrected chi connectivity index (χ1v) is 17.9. The lowest BCUT2D eigenvalue weighted by Gasteiger charge is -2.35. The molecule has 2 saturated heterocycles. The number of fused-ring (bicyclic) bond motifs is 1. The van der Waals surface area contributed by atoms with Gasteiger partial charge < -0.3 is 25.6 Å². The van der Waals surface area contributed by atoms with Gasteiger partial charge in [0, 0.05) is 37.4 Å². The van der Waals surface area contributed by atoms with Gasteiger partial charge in [-0.15, -0.1) is 11.3 Å². The molecular formula is C37H45N5O4S. The average Bonchev–Trinajstić information content (AvgIpc) is 3.76. The molecule has 3 fully saturated rings. The third-order valence-corrected chi connectivity index (χ3v) is 11.2. The zero-order valence-corrected chi connectivity index (χ0v) is 27.8. The molecule has 3 aromatic rings. The van der Waals surface area contributed by atoms with Gasteiger partial charge in [0.25, 0.3) is 5.91 Å². The van der Waals surface area contributed by atoms with Gasteiger partial charge in [0.1, 0.15) is 11.6 Å². The summed E-state index contributed by atoms with van der Waals surface area (Å²) in [5.41, 5.74) is 0.412. The Hall–Kier alpha value is -3.78. The van der Waals surface area contributed by atoms with Gasteiger partial charge >= 0.3 is 0 Å². The zero-order chi connectivity index (χ0) is 32.6. The highest BCUT2D eigenvalue weighted by molar-refractivity contribution is 7.20. The summed E-state index contributed by atoms with van der Waals surface area (Å²) in [4.78, 5) is 44.3. The fourth-order valence-electron chi connectivity index (χ4n) is 7.27. The lowest BCUT2D eigenvalue weighted by molar-refractivity contribution is -0.132. The standard InChI is InChI=1S/C37H45N5O4S/c38-23-29-8-9-30-22-33(47-32(30)21-29)35(44)41-37(14-4-5-15-37)36(45)40-31(20-26-6-2-1-3-7-26)34(43)39-24-27-10-16-42(17-11-27)25-28-12-18-46-19-13-28/h1-3,6-9,21-22,27-28,31H,4-5,10-20,24-25H2,(H,39,43)(H,40,45)(H,41,44)/t31-/m1/s1. The molecule has 1 aliphatic carbocycles. The van der Waals surface area contributed by atoms with Crippen LogP contribution >= 0.6 is 11.3 Å². The number of nitriles is 1. The topological polar surface area (TPSA) is 124 Å². The Labute approximate surface area is 281 Å². The Morgan fingerprint density at radius 3 is 2.45 bits per heavy atom. The lowest BCUT2D eigenvalue weighted by Crippen LogP contribution is -2.61. The molecule has 3 amide bonds. The maximum atomic E-state index is 14.0. The Bertz CT molecular complexity index is 1580. The number of thiophene rings is 1. The van der Waals surface area contributed by atoms with E-state index in [2.05, 4.69) is 26.9 Å². The molecule has 1 saturated carbocycles. The van der Waals surface area contributed by atoms with Gasteiger partial charge in [0.05, 0.1) is 16.5 Å². The number of likely N-dealkylation sites (tertiary alicyclic amines) is 1. The molecule has 2 aromatic carbocycles. The van der Waals surface area contributed by atoms with Crippen LogP contribution in [0.25, 0.3) is 10.1 Å². The minimum absolute atomic E-state index is 0.191. The van der Waals surface area contributed by atoms with Crippen LogP contribution in [0.15, 0.2) is 54.6 Å². The van der Waals surface area contributed by atoms with E-state index in [1.165, 1.54) is 11.3 Å². The molecule has 248 valence electrons. The highest BCUT2D eigenvalue weighted by Crippen LogP contribution is 2.32. The molecule has 1 atom stereocenters. The molecule has 3 N–H and O–H groups in total. The molecular weight excluding hydrogens is 611 g/mol. The molecule has 0 bridgehead atoms. The number of ether oxygens (including phenoxy) is 1.